The molecule has 3 fully saturated rings. The van der Waals surface area contributed by atoms with Crippen LogP contribution < -0.4 is 10.6 Å². The van der Waals surface area contributed by atoms with Crippen LogP contribution in [0.15, 0.2) is 36.4 Å². The molecule has 1 aromatic rings. The summed E-state index contributed by atoms with van der Waals surface area (Å²) < 4.78 is 181. The van der Waals surface area contributed by atoms with E-state index in [4.69, 9.17) is 0 Å². The number of benzene rings is 1. The number of nitrogens with zero attached hydrogens (tertiary/aromatic N) is 3. The zero-order valence-corrected chi connectivity index (χ0v) is 24.1. The normalized spacial score (nSPS) is 23.2. The van der Waals surface area contributed by atoms with Crippen LogP contribution in [0.25, 0.3) is 0 Å². The molecular formula is C26H32F13N5O2. The highest BCUT2D eigenvalue weighted by molar-refractivity contribution is 5.27. The lowest BCUT2D eigenvalue weighted by Crippen LogP contribution is -2.62. The molecule has 2 N–H and O–H groups in total. The smallest absolute Gasteiger partial charge is 0.398 e. The maximum Gasteiger partial charge on any atom is 0.471 e. The third-order valence-electron chi connectivity index (χ3n) is 7.35. The number of fused-ring (bicyclic) bond motifs is 12. The molecule has 1 aromatic carbocycles. The molecule has 0 aromatic heterocycles. The molecule has 7 nitrogen and oxygen atoms in total. The van der Waals surface area contributed by atoms with E-state index in [1.807, 2.05) is 4.90 Å². The molecule has 0 aliphatic carbocycles. The Bertz CT molecular complexity index is 1120. The molecule has 1 atom stereocenters. The third kappa shape index (κ3) is 9.36. The zero-order chi connectivity index (χ0) is 34.4. The van der Waals surface area contributed by atoms with Gasteiger partial charge in [0.2, 0.25) is 0 Å². The van der Waals surface area contributed by atoms with Crippen LogP contribution in [-0.4, -0.2) is 117 Å². The van der Waals surface area contributed by atoms with Gasteiger partial charge in [-0.1, -0.05) is 24.3 Å². The monoisotopic (exact) mass is 693 g/mol. The zero-order valence-electron chi connectivity index (χ0n) is 24.1. The maximum absolute atomic E-state index is 14.7. The summed E-state index contributed by atoms with van der Waals surface area (Å²) in [4.78, 5) is 6.43. The Morgan fingerprint density at radius 2 is 1.09 bits per heavy atom. The van der Waals surface area contributed by atoms with E-state index in [2.05, 4.69) is 29.9 Å². The first-order chi connectivity index (χ1) is 21.3. The first kappa shape index (κ1) is 38.1. The highest BCUT2D eigenvalue weighted by Crippen LogP contribution is 2.54. The van der Waals surface area contributed by atoms with Gasteiger partial charge in [-0.2, -0.15) is 57.1 Å². The van der Waals surface area contributed by atoms with Gasteiger partial charge in [0.15, 0.2) is 0 Å². The Morgan fingerprint density at radius 1 is 0.630 bits per heavy atom. The Balaban J connectivity index is 1.80. The van der Waals surface area contributed by atoms with E-state index >= 15 is 0 Å². The van der Waals surface area contributed by atoms with Gasteiger partial charge in [-0.05, 0) is 5.56 Å². The SMILES string of the molecule is FC(F)=C(F)OC(F)(F)C(F)(OC(F)(F)C(F)(F)c1ccc(CN2CCN3CCNCCN(CCNCC3)CC2)cc1)C(F)(F)F. The lowest BCUT2D eigenvalue weighted by atomic mass is 10.0. The lowest BCUT2D eigenvalue weighted by molar-refractivity contribution is -0.518. The number of nitrogens with one attached hydrogen (secondary N) is 2. The summed E-state index contributed by atoms with van der Waals surface area (Å²) in [6.07, 6.45) is -24.8. The van der Waals surface area contributed by atoms with E-state index in [-0.39, 0.29) is 6.54 Å². The van der Waals surface area contributed by atoms with Gasteiger partial charge in [0, 0.05) is 90.6 Å². The molecule has 3 aliphatic heterocycles. The molecule has 0 amide bonds. The van der Waals surface area contributed by atoms with E-state index in [0.29, 0.717) is 43.9 Å². The van der Waals surface area contributed by atoms with Crippen LogP contribution in [0.2, 0.25) is 0 Å². The number of halogens is 13. The van der Waals surface area contributed by atoms with E-state index in [9.17, 15) is 57.1 Å². The predicted molar refractivity (Wildman–Crippen MR) is 137 cm³/mol. The summed E-state index contributed by atoms with van der Waals surface area (Å²) in [7, 11) is 0. The van der Waals surface area contributed by atoms with Crippen molar-refractivity contribution in [2.75, 3.05) is 78.5 Å². The Hall–Kier alpha value is -2.39. The fraction of sp³-hybridized carbons (Fsp3) is 0.692. The van der Waals surface area contributed by atoms with Gasteiger partial charge in [0.25, 0.3) is 0 Å². The molecular weight excluding hydrogens is 661 g/mol. The van der Waals surface area contributed by atoms with Gasteiger partial charge in [-0.15, -0.1) is 0 Å². The van der Waals surface area contributed by atoms with Crippen molar-refractivity contribution >= 4 is 0 Å². The average molecular weight is 694 g/mol. The summed E-state index contributed by atoms with van der Waals surface area (Å²) in [6.45, 7) is 8.60. The fourth-order valence-electron chi connectivity index (χ4n) is 4.69. The number of hydrogen-bond donors (Lipinski definition) is 2. The van der Waals surface area contributed by atoms with Crippen molar-refractivity contribution in [2.24, 2.45) is 0 Å². The molecule has 0 radical (unpaired) electrons. The summed E-state index contributed by atoms with van der Waals surface area (Å²) in [6, 6.07) is -1.19. The van der Waals surface area contributed by atoms with Gasteiger partial charge < -0.3 is 15.4 Å². The van der Waals surface area contributed by atoms with E-state index in [1.165, 1.54) is 0 Å². The van der Waals surface area contributed by atoms with Crippen LogP contribution in [0.3, 0.4) is 0 Å². The predicted octanol–water partition coefficient (Wildman–Crippen LogP) is 4.87. The van der Waals surface area contributed by atoms with Crippen molar-refractivity contribution in [1.82, 2.24) is 25.3 Å². The van der Waals surface area contributed by atoms with Crippen molar-refractivity contribution in [1.29, 1.82) is 0 Å². The second-order valence-electron chi connectivity index (χ2n) is 10.6. The molecule has 3 aliphatic rings. The quantitative estimate of drug-likeness (QED) is 0.283. The van der Waals surface area contributed by atoms with Crippen molar-refractivity contribution in [2.45, 2.75) is 36.7 Å². The molecule has 46 heavy (non-hydrogen) atoms. The number of rotatable bonds is 9. The molecule has 0 saturated carbocycles. The number of hydrogen-bond acceptors (Lipinski definition) is 7. The highest BCUT2D eigenvalue weighted by Gasteiger charge is 2.81. The summed E-state index contributed by atoms with van der Waals surface area (Å²) in [5, 5.41) is 6.79. The second kappa shape index (κ2) is 15.2. The summed E-state index contributed by atoms with van der Waals surface area (Å²) in [5.74, 6) is -13.1. The van der Waals surface area contributed by atoms with E-state index in [0.717, 1.165) is 64.5 Å². The molecule has 0 spiro atoms. The Kier molecular flexibility index (Phi) is 12.6. The minimum atomic E-state index is -7.31. The molecule has 20 heteroatoms. The second-order valence-corrected chi connectivity index (χ2v) is 10.6. The molecule has 4 rings (SSSR count). The fourth-order valence-corrected chi connectivity index (χ4v) is 4.69. The first-order valence-electron chi connectivity index (χ1n) is 14.0. The van der Waals surface area contributed by atoms with Gasteiger partial charge in [-0.3, -0.25) is 19.4 Å². The average Bonchev–Trinajstić information content (AvgIpc) is 2.93. The summed E-state index contributed by atoms with van der Waals surface area (Å²) in [5.41, 5.74) is -1.45. The van der Waals surface area contributed by atoms with Crippen molar-refractivity contribution in [3.63, 3.8) is 0 Å². The summed E-state index contributed by atoms with van der Waals surface area (Å²) >= 11 is 0. The third-order valence-corrected chi connectivity index (χ3v) is 7.35. The van der Waals surface area contributed by atoms with Gasteiger partial charge in [0.1, 0.15) is 0 Å². The minimum Gasteiger partial charge on any atom is -0.398 e. The van der Waals surface area contributed by atoms with Crippen molar-refractivity contribution in [3.05, 3.63) is 47.5 Å². The lowest BCUT2D eigenvalue weighted by Gasteiger charge is -2.37. The van der Waals surface area contributed by atoms with Crippen molar-refractivity contribution in [3.8, 4) is 0 Å². The van der Waals surface area contributed by atoms with Gasteiger partial charge in [0.05, 0.1) is 0 Å². The molecule has 2 bridgehead atoms. The topological polar surface area (TPSA) is 52.2 Å². The van der Waals surface area contributed by atoms with Gasteiger partial charge in [-0.25, -0.2) is 0 Å². The molecule has 3 saturated heterocycles. The number of alkyl halides is 10. The molecule has 3 heterocycles. The van der Waals surface area contributed by atoms with Crippen molar-refractivity contribution < 1.29 is 66.5 Å². The van der Waals surface area contributed by atoms with Crippen LogP contribution in [0.1, 0.15) is 11.1 Å². The van der Waals surface area contributed by atoms with E-state index in [1.54, 1.807) is 0 Å². The standard InChI is InChI=1S/C26H32F13N5O2/c27-20(28)21(29)45-26(38,39)23(32,24(33,34)35)46-25(36,37)22(30,31)19-3-1-18(2-4-19)17-44-15-13-42-9-5-40-6-10-43(14-16-44)12-8-41-7-11-42/h1-4,40-41H,5-17H2. The van der Waals surface area contributed by atoms with Crippen LogP contribution >= 0.6 is 0 Å². The van der Waals surface area contributed by atoms with Gasteiger partial charge >= 0.3 is 42.3 Å². The van der Waals surface area contributed by atoms with Crippen LogP contribution in [-0.2, 0) is 21.9 Å². The molecule has 1 unspecified atom stereocenters. The van der Waals surface area contributed by atoms with Crippen LogP contribution in [0.4, 0.5) is 57.1 Å². The Morgan fingerprint density at radius 3 is 1.50 bits per heavy atom. The maximum atomic E-state index is 14.7. The van der Waals surface area contributed by atoms with Crippen LogP contribution in [0, 0.1) is 0 Å². The minimum absolute atomic E-state index is 0.145. The number of ether oxygens (including phenoxy) is 2. The Labute approximate surface area is 255 Å². The van der Waals surface area contributed by atoms with E-state index < -0.39 is 47.8 Å². The molecule has 264 valence electrons. The first-order valence-corrected chi connectivity index (χ1v) is 14.0. The largest absolute Gasteiger partial charge is 0.471 e. The van der Waals surface area contributed by atoms with Crippen LogP contribution in [0.5, 0.6) is 0 Å². The highest BCUT2D eigenvalue weighted by atomic mass is 19.4.